The number of thiazole rings is 1. The summed E-state index contributed by atoms with van der Waals surface area (Å²) in [5.74, 6) is 0. The molecule has 1 aromatic heterocycles. The minimum absolute atomic E-state index is 0.0392. The molecule has 0 aliphatic heterocycles. The zero-order valence-electron chi connectivity index (χ0n) is 9.66. The Morgan fingerprint density at radius 1 is 1.56 bits per heavy atom. The van der Waals surface area contributed by atoms with Gasteiger partial charge in [0.2, 0.25) is 0 Å². The molecule has 0 unspecified atom stereocenters. The van der Waals surface area contributed by atoms with Gasteiger partial charge in [-0.25, -0.2) is 4.98 Å². The van der Waals surface area contributed by atoms with E-state index in [1.807, 2.05) is 7.11 Å². The largest absolute Gasteiger partial charge is 0.371 e. The van der Waals surface area contributed by atoms with E-state index < -0.39 is 0 Å². The van der Waals surface area contributed by atoms with E-state index in [1.165, 1.54) is 30.0 Å². The summed E-state index contributed by atoms with van der Waals surface area (Å²) in [6.07, 6.45) is 6.19. The Balaban J connectivity index is 1.66. The van der Waals surface area contributed by atoms with E-state index in [9.17, 15) is 0 Å². The lowest BCUT2D eigenvalue weighted by atomic mass is 9.80. The van der Waals surface area contributed by atoms with Gasteiger partial charge in [-0.2, -0.15) is 0 Å². The molecule has 0 saturated heterocycles. The van der Waals surface area contributed by atoms with Crippen LogP contribution in [0.15, 0.2) is 5.38 Å². The van der Waals surface area contributed by atoms with Crippen LogP contribution in [0.5, 0.6) is 0 Å². The van der Waals surface area contributed by atoms with Crippen LogP contribution in [-0.2, 0) is 16.9 Å². The van der Waals surface area contributed by atoms with Crippen LogP contribution < -0.4 is 5.32 Å². The van der Waals surface area contributed by atoms with Crippen LogP contribution >= 0.6 is 11.3 Å². The van der Waals surface area contributed by atoms with Crippen molar-refractivity contribution in [2.45, 2.75) is 50.3 Å². The Hall–Kier alpha value is -0.450. The fourth-order valence-corrected chi connectivity index (χ4v) is 3.19. The maximum absolute atomic E-state index is 5.64. The van der Waals surface area contributed by atoms with Gasteiger partial charge in [-0.15, -0.1) is 11.3 Å². The molecule has 1 heterocycles. The number of nitrogens with zero attached hydrogens (tertiary/aromatic N) is 1. The summed E-state index contributed by atoms with van der Waals surface area (Å²) in [7, 11) is 1.81. The number of hydrogen-bond acceptors (Lipinski definition) is 4. The van der Waals surface area contributed by atoms with Gasteiger partial charge < -0.3 is 10.1 Å². The van der Waals surface area contributed by atoms with Gasteiger partial charge in [0, 0.05) is 25.1 Å². The molecule has 3 rings (SSSR count). The van der Waals surface area contributed by atoms with Crippen LogP contribution in [0.1, 0.15) is 42.8 Å². The lowest BCUT2D eigenvalue weighted by Gasteiger charge is -2.38. The molecule has 88 valence electrons. The maximum Gasteiger partial charge on any atom is 0.125 e. The fourth-order valence-electron chi connectivity index (χ4n) is 2.14. The summed E-state index contributed by atoms with van der Waals surface area (Å²) < 4.78 is 5.64. The molecule has 0 radical (unpaired) electrons. The monoisotopic (exact) mass is 238 g/mol. The molecular formula is C12H18N2OS. The third-order valence-electron chi connectivity index (χ3n) is 3.64. The highest BCUT2D eigenvalue weighted by atomic mass is 32.1. The standard InChI is InChI=1S/C12H18N2OS/c1-15-12(5-2-6-12)11-14-10(8-16-11)7-13-9-3-4-9/h8-9,13H,2-7H2,1H3. The predicted octanol–water partition coefficient (Wildman–Crippen LogP) is 2.42. The van der Waals surface area contributed by atoms with Crippen LogP contribution in [0.3, 0.4) is 0 Å². The van der Waals surface area contributed by atoms with E-state index in [-0.39, 0.29) is 5.60 Å². The first-order chi connectivity index (χ1) is 7.82. The van der Waals surface area contributed by atoms with Crippen LogP contribution in [0.2, 0.25) is 0 Å². The second kappa shape index (κ2) is 4.09. The van der Waals surface area contributed by atoms with E-state index >= 15 is 0 Å². The zero-order valence-corrected chi connectivity index (χ0v) is 10.5. The van der Waals surface area contributed by atoms with Crippen molar-refractivity contribution >= 4 is 11.3 Å². The van der Waals surface area contributed by atoms with Crippen LogP contribution in [-0.4, -0.2) is 18.1 Å². The van der Waals surface area contributed by atoms with Gasteiger partial charge in [0.25, 0.3) is 0 Å². The Kier molecular flexibility index (Phi) is 2.73. The number of rotatable bonds is 5. The molecule has 2 fully saturated rings. The van der Waals surface area contributed by atoms with Gasteiger partial charge in [-0.3, -0.25) is 0 Å². The topological polar surface area (TPSA) is 34.1 Å². The van der Waals surface area contributed by atoms with E-state index in [2.05, 4.69) is 10.7 Å². The summed E-state index contributed by atoms with van der Waals surface area (Å²) in [6.45, 7) is 0.918. The Bertz CT molecular complexity index is 363. The molecule has 1 aromatic rings. The number of ether oxygens (including phenoxy) is 1. The minimum atomic E-state index is -0.0392. The minimum Gasteiger partial charge on any atom is -0.371 e. The zero-order chi connectivity index (χ0) is 11.0. The molecule has 0 bridgehead atoms. The number of aromatic nitrogens is 1. The first-order valence-corrected chi connectivity index (χ1v) is 6.94. The van der Waals surface area contributed by atoms with E-state index in [4.69, 9.17) is 9.72 Å². The SMILES string of the molecule is COC1(c2nc(CNC3CC3)cs2)CCC1. The summed E-state index contributed by atoms with van der Waals surface area (Å²) in [5, 5.41) is 6.84. The highest BCUT2D eigenvalue weighted by Gasteiger charge is 2.41. The molecule has 0 spiro atoms. The van der Waals surface area contributed by atoms with E-state index in [0.29, 0.717) is 0 Å². The van der Waals surface area contributed by atoms with Crippen LogP contribution in [0.4, 0.5) is 0 Å². The van der Waals surface area contributed by atoms with Gasteiger partial charge >= 0.3 is 0 Å². The summed E-state index contributed by atoms with van der Waals surface area (Å²) in [5.41, 5.74) is 1.14. The highest BCUT2D eigenvalue weighted by Crippen LogP contribution is 2.45. The smallest absolute Gasteiger partial charge is 0.125 e. The van der Waals surface area contributed by atoms with E-state index in [0.717, 1.165) is 25.4 Å². The molecule has 1 N–H and O–H groups in total. The average Bonchev–Trinajstić information content (AvgIpc) is 2.95. The lowest BCUT2D eigenvalue weighted by molar-refractivity contribution is -0.0780. The lowest BCUT2D eigenvalue weighted by Crippen LogP contribution is -2.36. The summed E-state index contributed by atoms with van der Waals surface area (Å²) in [6, 6.07) is 0.755. The van der Waals surface area contributed by atoms with Crippen molar-refractivity contribution in [3.8, 4) is 0 Å². The molecule has 0 aromatic carbocycles. The van der Waals surface area contributed by atoms with Gasteiger partial charge in [-0.05, 0) is 32.1 Å². The molecule has 2 aliphatic rings. The summed E-state index contributed by atoms with van der Waals surface area (Å²) >= 11 is 1.75. The first kappa shape index (κ1) is 10.7. The van der Waals surface area contributed by atoms with Crippen molar-refractivity contribution in [2.24, 2.45) is 0 Å². The summed E-state index contributed by atoms with van der Waals surface area (Å²) in [4.78, 5) is 4.71. The van der Waals surface area contributed by atoms with Crippen LogP contribution in [0, 0.1) is 0 Å². The van der Waals surface area contributed by atoms with Gasteiger partial charge in [-0.1, -0.05) is 0 Å². The molecule has 3 nitrogen and oxygen atoms in total. The highest BCUT2D eigenvalue weighted by molar-refractivity contribution is 7.09. The normalized spacial score (nSPS) is 23.1. The van der Waals surface area contributed by atoms with Crippen LogP contribution in [0.25, 0.3) is 0 Å². The second-order valence-electron chi connectivity index (χ2n) is 4.85. The Morgan fingerprint density at radius 2 is 2.38 bits per heavy atom. The third-order valence-corrected chi connectivity index (χ3v) is 4.72. The first-order valence-electron chi connectivity index (χ1n) is 6.06. The predicted molar refractivity (Wildman–Crippen MR) is 64.5 cm³/mol. The second-order valence-corrected chi connectivity index (χ2v) is 5.71. The third kappa shape index (κ3) is 1.90. The van der Waals surface area contributed by atoms with Crippen molar-refractivity contribution in [3.63, 3.8) is 0 Å². The molecule has 16 heavy (non-hydrogen) atoms. The van der Waals surface area contributed by atoms with Crippen molar-refractivity contribution in [1.82, 2.24) is 10.3 Å². The average molecular weight is 238 g/mol. The van der Waals surface area contributed by atoms with Crippen molar-refractivity contribution in [3.05, 3.63) is 16.1 Å². The maximum atomic E-state index is 5.64. The molecule has 0 amide bonds. The molecule has 2 aliphatic carbocycles. The quantitative estimate of drug-likeness (QED) is 0.855. The van der Waals surface area contributed by atoms with Gasteiger partial charge in [0.15, 0.2) is 0 Å². The Labute approximate surface area is 100 Å². The number of hydrogen-bond donors (Lipinski definition) is 1. The van der Waals surface area contributed by atoms with Crippen molar-refractivity contribution in [2.75, 3.05) is 7.11 Å². The molecular weight excluding hydrogens is 220 g/mol. The van der Waals surface area contributed by atoms with Crippen molar-refractivity contribution < 1.29 is 4.74 Å². The van der Waals surface area contributed by atoms with Gasteiger partial charge in [0.05, 0.1) is 5.69 Å². The van der Waals surface area contributed by atoms with Gasteiger partial charge in [0.1, 0.15) is 10.6 Å². The number of methoxy groups -OCH3 is 1. The molecule has 2 saturated carbocycles. The Morgan fingerprint density at radius 3 is 2.94 bits per heavy atom. The van der Waals surface area contributed by atoms with Crippen molar-refractivity contribution in [1.29, 1.82) is 0 Å². The van der Waals surface area contributed by atoms with E-state index in [1.54, 1.807) is 11.3 Å². The number of nitrogens with one attached hydrogen (secondary N) is 1. The molecule has 0 atom stereocenters. The molecule has 4 heteroatoms. The fraction of sp³-hybridized carbons (Fsp3) is 0.750.